The second-order valence-corrected chi connectivity index (χ2v) is 5.13. The summed E-state index contributed by atoms with van der Waals surface area (Å²) < 4.78 is 0. The molecule has 0 radical (unpaired) electrons. The van der Waals surface area contributed by atoms with Crippen molar-refractivity contribution in [1.82, 2.24) is 10.6 Å². The van der Waals surface area contributed by atoms with Gasteiger partial charge in [0.15, 0.2) is 0 Å². The predicted octanol–water partition coefficient (Wildman–Crippen LogP) is 1.88. The molecule has 0 saturated carbocycles. The fourth-order valence-electron chi connectivity index (χ4n) is 2.11. The highest BCUT2D eigenvalue weighted by molar-refractivity contribution is 5.75. The van der Waals surface area contributed by atoms with Gasteiger partial charge in [-0.2, -0.15) is 0 Å². The van der Waals surface area contributed by atoms with E-state index in [0.717, 1.165) is 25.7 Å². The number of rotatable bonds is 9. The molecule has 5 heteroatoms. The van der Waals surface area contributed by atoms with E-state index >= 15 is 0 Å². The third-order valence-electron chi connectivity index (χ3n) is 3.36. The van der Waals surface area contributed by atoms with Crippen LogP contribution in [0, 0.1) is 6.92 Å². The number of nitrogens with two attached hydrogens (primary N) is 1. The Hall–Kier alpha value is -2.04. The maximum Gasteiger partial charge on any atom is 0.312 e. The molecule has 0 fully saturated rings. The van der Waals surface area contributed by atoms with E-state index in [4.69, 9.17) is 5.73 Å². The van der Waals surface area contributed by atoms with Gasteiger partial charge in [-0.15, -0.1) is 0 Å². The fourth-order valence-corrected chi connectivity index (χ4v) is 2.11. The first-order valence-electron chi connectivity index (χ1n) is 7.44. The van der Waals surface area contributed by atoms with Crippen LogP contribution in [0.1, 0.15) is 36.8 Å². The van der Waals surface area contributed by atoms with Crippen LogP contribution >= 0.6 is 0 Å². The average molecular weight is 291 g/mol. The van der Waals surface area contributed by atoms with E-state index in [1.165, 1.54) is 11.1 Å². The first-order chi connectivity index (χ1) is 10.1. The van der Waals surface area contributed by atoms with Gasteiger partial charge in [0.05, 0.1) is 0 Å². The van der Waals surface area contributed by atoms with Crippen molar-refractivity contribution < 1.29 is 9.59 Å². The summed E-state index contributed by atoms with van der Waals surface area (Å²) in [6.45, 7) is 3.33. The van der Waals surface area contributed by atoms with Gasteiger partial charge in [-0.05, 0) is 37.3 Å². The van der Waals surface area contributed by atoms with Gasteiger partial charge in [0, 0.05) is 19.5 Å². The molecule has 0 spiro atoms. The Bertz CT molecular complexity index is 461. The van der Waals surface area contributed by atoms with E-state index in [1.54, 1.807) is 0 Å². The summed E-state index contributed by atoms with van der Waals surface area (Å²) in [6.07, 6.45) is 3.98. The largest absolute Gasteiger partial charge is 0.356 e. The lowest BCUT2D eigenvalue weighted by atomic mass is 10.1. The van der Waals surface area contributed by atoms with Crippen molar-refractivity contribution >= 4 is 11.9 Å². The second-order valence-electron chi connectivity index (χ2n) is 5.13. The summed E-state index contributed by atoms with van der Waals surface area (Å²) in [4.78, 5) is 22.1. The lowest BCUT2D eigenvalue weighted by molar-refractivity contribution is -0.121. The quantitative estimate of drug-likeness (QED) is 0.607. The number of hydrogen-bond acceptors (Lipinski definition) is 2. The van der Waals surface area contributed by atoms with Crippen molar-refractivity contribution in [2.75, 3.05) is 13.1 Å². The highest BCUT2D eigenvalue weighted by atomic mass is 16.2. The third kappa shape index (κ3) is 7.97. The zero-order chi connectivity index (χ0) is 15.5. The van der Waals surface area contributed by atoms with Gasteiger partial charge in [0.25, 0.3) is 0 Å². The molecular formula is C16H25N3O2. The number of hydrogen-bond donors (Lipinski definition) is 3. The Balaban J connectivity index is 2.04. The van der Waals surface area contributed by atoms with Crippen molar-refractivity contribution in [3.8, 4) is 0 Å². The number of urea groups is 1. The molecule has 0 aliphatic heterocycles. The van der Waals surface area contributed by atoms with E-state index in [-0.39, 0.29) is 5.91 Å². The van der Waals surface area contributed by atoms with Gasteiger partial charge < -0.3 is 16.4 Å². The normalized spacial score (nSPS) is 10.1. The van der Waals surface area contributed by atoms with Gasteiger partial charge in [-0.3, -0.25) is 4.79 Å². The fraction of sp³-hybridized carbons (Fsp3) is 0.500. The average Bonchev–Trinajstić information content (AvgIpc) is 2.44. The number of unbranched alkanes of at least 4 members (excludes halogenated alkanes) is 2. The molecule has 0 bridgehead atoms. The first kappa shape index (κ1) is 17.0. The van der Waals surface area contributed by atoms with Gasteiger partial charge in [0.1, 0.15) is 0 Å². The lowest BCUT2D eigenvalue weighted by Crippen LogP contribution is -2.30. The monoisotopic (exact) mass is 291 g/mol. The van der Waals surface area contributed by atoms with Gasteiger partial charge in [0.2, 0.25) is 5.91 Å². The molecule has 3 amide bonds. The van der Waals surface area contributed by atoms with Crippen LogP contribution in [0.3, 0.4) is 0 Å². The second kappa shape index (κ2) is 9.80. The summed E-state index contributed by atoms with van der Waals surface area (Å²) in [7, 11) is 0. The maximum atomic E-state index is 11.7. The minimum Gasteiger partial charge on any atom is -0.356 e. The molecule has 0 unspecified atom stereocenters. The van der Waals surface area contributed by atoms with Crippen LogP contribution in [-0.2, 0) is 11.2 Å². The molecule has 0 aliphatic rings. The highest BCUT2D eigenvalue weighted by Gasteiger charge is 2.02. The van der Waals surface area contributed by atoms with E-state index in [2.05, 4.69) is 29.7 Å². The van der Waals surface area contributed by atoms with Crippen molar-refractivity contribution in [3.63, 3.8) is 0 Å². The number of amides is 3. The van der Waals surface area contributed by atoms with Crippen LogP contribution in [0.4, 0.5) is 4.79 Å². The molecule has 0 aliphatic carbocycles. The van der Waals surface area contributed by atoms with Crippen LogP contribution < -0.4 is 16.4 Å². The standard InChI is InChI=1S/C16H25N3O2/c1-13-7-4-5-8-14(13)10-12-18-15(20)9-3-2-6-11-19-16(17)21/h4-5,7-8H,2-3,6,9-12H2,1H3,(H,18,20)(H3,17,19,21). The summed E-state index contributed by atoms with van der Waals surface area (Å²) in [5.74, 6) is 0.0893. The zero-order valence-electron chi connectivity index (χ0n) is 12.7. The molecule has 4 N–H and O–H groups in total. The smallest absolute Gasteiger partial charge is 0.312 e. The Kier molecular flexibility index (Phi) is 7.94. The zero-order valence-corrected chi connectivity index (χ0v) is 12.7. The summed E-state index contributed by atoms with van der Waals surface area (Å²) in [5, 5.41) is 5.47. The van der Waals surface area contributed by atoms with Gasteiger partial charge >= 0.3 is 6.03 Å². The van der Waals surface area contributed by atoms with Crippen LogP contribution in [-0.4, -0.2) is 25.0 Å². The Morgan fingerprint density at radius 3 is 2.52 bits per heavy atom. The summed E-state index contributed by atoms with van der Waals surface area (Å²) in [5.41, 5.74) is 7.49. The van der Waals surface area contributed by atoms with Crippen molar-refractivity contribution in [1.29, 1.82) is 0 Å². The summed E-state index contributed by atoms with van der Waals surface area (Å²) in [6, 6.07) is 7.71. The molecule has 1 aromatic rings. The van der Waals surface area contributed by atoms with Crippen LogP contribution in [0.5, 0.6) is 0 Å². The number of primary amides is 1. The topological polar surface area (TPSA) is 84.2 Å². The van der Waals surface area contributed by atoms with Crippen molar-refractivity contribution in [2.45, 2.75) is 39.0 Å². The van der Waals surface area contributed by atoms with Crippen LogP contribution in [0.15, 0.2) is 24.3 Å². The molecular weight excluding hydrogens is 266 g/mol. The van der Waals surface area contributed by atoms with E-state index in [1.807, 2.05) is 12.1 Å². The SMILES string of the molecule is Cc1ccccc1CCNC(=O)CCCCCNC(N)=O. The number of aryl methyl sites for hydroxylation is 1. The van der Waals surface area contributed by atoms with Crippen LogP contribution in [0.25, 0.3) is 0 Å². The van der Waals surface area contributed by atoms with E-state index < -0.39 is 6.03 Å². The number of carbonyl (C=O) groups is 2. The lowest BCUT2D eigenvalue weighted by Gasteiger charge is -2.07. The Morgan fingerprint density at radius 1 is 1.05 bits per heavy atom. The van der Waals surface area contributed by atoms with Gasteiger partial charge in [-0.25, -0.2) is 4.79 Å². The van der Waals surface area contributed by atoms with E-state index in [9.17, 15) is 9.59 Å². The van der Waals surface area contributed by atoms with E-state index in [0.29, 0.717) is 19.5 Å². The minimum absolute atomic E-state index is 0.0893. The Labute approximate surface area is 126 Å². The molecule has 1 rings (SSSR count). The molecule has 116 valence electrons. The molecule has 0 heterocycles. The Morgan fingerprint density at radius 2 is 1.81 bits per heavy atom. The number of carbonyl (C=O) groups excluding carboxylic acids is 2. The molecule has 21 heavy (non-hydrogen) atoms. The molecule has 0 aromatic heterocycles. The van der Waals surface area contributed by atoms with Crippen LogP contribution in [0.2, 0.25) is 0 Å². The molecule has 5 nitrogen and oxygen atoms in total. The van der Waals surface area contributed by atoms with Crippen molar-refractivity contribution in [2.24, 2.45) is 5.73 Å². The number of nitrogens with one attached hydrogen (secondary N) is 2. The minimum atomic E-state index is -0.496. The first-order valence-corrected chi connectivity index (χ1v) is 7.44. The molecule has 0 atom stereocenters. The molecule has 1 aromatic carbocycles. The van der Waals surface area contributed by atoms with Gasteiger partial charge in [-0.1, -0.05) is 30.7 Å². The highest BCUT2D eigenvalue weighted by Crippen LogP contribution is 2.07. The van der Waals surface area contributed by atoms with Crippen molar-refractivity contribution in [3.05, 3.63) is 35.4 Å². The predicted molar refractivity (Wildman–Crippen MR) is 83.9 cm³/mol. The molecule has 0 saturated heterocycles. The third-order valence-corrected chi connectivity index (χ3v) is 3.36. The maximum absolute atomic E-state index is 11.7. The number of benzene rings is 1. The summed E-state index contributed by atoms with van der Waals surface area (Å²) >= 11 is 0.